The number of nitrogen functional groups attached to an aromatic ring is 1. The van der Waals surface area contributed by atoms with E-state index < -0.39 is 0 Å². The average Bonchev–Trinajstić information content (AvgIpc) is 2.90. The molecule has 1 heterocycles. The molecule has 0 bridgehead atoms. The highest BCUT2D eigenvalue weighted by molar-refractivity contribution is 5.42. The van der Waals surface area contributed by atoms with Crippen molar-refractivity contribution < 1.29 is 9.26 Å². The molecule has 1 unspecified atom stereocenters. The lowest BCUT2D eigenvalue weighted by atomic mass is 9.84. The second-order valence-electron chi connectivity index (χ2n) is 6.11. The summed E-state index contributed by atoms with van der Waals surface area (Å²) < 4.78 is 10.9. The van der Waals surface area contributed by atoms with Gasteiger partial charge in [0.2, 0.25) is 11.7 Å². The summed E-state index contributed by atoms with van der Waals surface area (Å²) in [6.45, 7) is 8.23. The first-order valence-corrected chi connectivity index (χ1v) is 7.09. The molecule has 0 fully saturated rings. The van der Waals surface area contributed by atoms with Crippen LogP contribution in [0.3, 0.4) is 0 Å². The minimum absolute atomic E-state index is 0.162. The van der Waals surface area contributed by atoms with Crippen molar-refractivity contribution in [3.8, 4) is 0 Å². The third kappa shape index (κ3) is 3.08. The molecule has 1 atom stereocenters. The van der Waals surface area contributed by atoms with Crippen molar-refractivity contribution in [2.24, 2.45) is 5.92 Å². The molecule has 21 heavy (non-hydrogen) atoms. The number of methoxy groups -OCH3 is 1. The number of ether oxygens (including phenoxy) is 1. The Balaban J connectivity index is 2.33. The fourth-order valence-electron chi connectivity index (χ4n) is 2.30. The molecule has 1 aromatic carbocycles. The van der Waals surface area contributed by atoms with Crippen LogP contribution in [0.4, 0.5) is 5.69 Å². The molecule has 1 aromatic heterocycles. The van der Waals surface area contributed by atoms with Crippen molar-refractivity contribution in [1.82, 2.24) is 10.1 Å². The molecular weight excluding hydrogens is 266 g/mol. The lowest BCUT2D eigenvalue weighted by molar-refractivity contribution is 0.0555. The van der Waals surface area contributed by atoms with Gasteiger partial charge in [-0.05, 0) is 37.5 Å². The van der Waals surface area contributed by atoms with Gasteiger partial charge in [-0.15, -0.1) is 0 Å². The van der Waals surface area contributed by atoms with Crippen molar-refractivity contribution >= 4 is 5.69 Å². The summed E-state index contributed by atoms with van der Waals surface area (Å²) in [7, 11) is 1.66. The molecule has 114 valence electrons. The second-order valence-corrected chi connectivity index (χ2v) is 6.11. The monoisotopic (exact) mass is 289 g/mol. The number of hydrogen-bond acceptors (Lipinski definition) is 5. The standard InChI is InChI=1S/C16H23N3O2/c1-10(2)13(20-5)14-18-15(21-19-14)16(3,4)11-6-8-12(17)9-7-11/h6-10,13H,17H2,1-5H3. The molecule has 5 heteroatoms. The maximum absolute atomic E-state index is 5.74. The largest absolute Gasteiger partial charge is 0.399 e. The Bertz CT molecular complexity index is 588. The smallest absolute Gasteiger partial charge is 0.236 e. The zero-order valence-electron chi connectivity index (χ0n) is 13.3. The van der Waals surface area contributed by atoms with Crippen molar-refractivity contribution in [3.05, 3.63) is 41.5 Å². The first kappa shape index (κ1) is 15.5. The Hall–Kier alpha value is -1.88. The summed E-state index contributed by atoms with van der Waals surface area (Å²) in [5, 5.41) is 4.08. The second kappa shape index (κ2) is 5.85. The molecule has 2 N–H and O–H groups in total. The SMILES string of the molecule is COC(c1noc(C(C)(C)c2ccc(N)cc2)n1)C(C)C. The van der Waals surface area contributed by atoms with E-state index in [2.05, 4.69) is 24.0 Å². The molecule has 0 amide bonds. The molecule has 2 rings (SSSR count). The van der Waals surface area contributed by atoms with Gasteiger partial charge in [0.1, 0.15) is 6.10 Å². The number of hydrogen-bond donors (Lipinski definition) is 1. The topological polar surface area (TPSA) is 74.2 Å². The van der Waals surface area contributed by atoms with Crippen LogP contribution in [-0.4, -0.2) is 17.3 Å². The van der Waals surface area contributed by atoms with Gasteiger partial charge >= 0.3 is 0 Å². The fraction of sp³-hybridized carbons (Fsp3) is 0.500. The summed E-state index contributed by atoms with van der Waals surface area (Å²) >= 11 is 0. The minimum atomic E-state index is -0.381. The molecule has 0 aliphatic rings. The number of anilines is 1. The van der Waals surface area contributed by atoms with Gasteiger partial charge in [0.05, 0.1) is 5.41 Å². The summed E-state index contributed by atoms with van der Waals surface area (Å²) in [5.74, 6) is 1.44. The third-order valence-corrected chi connectivity index (χ3v) is 3.72. The van der Waals surface area contributed by atoms with Gasteiger partial charge < -0.3 is 15.0 Å². The molecule has 0 aliphatic heterocycles. The Morgan fingerprint density at radius 2 is 1.81 bits per heavy atom. The van der Waals surface area contributed by atoms with Gasteiger partial charge in [0.15, 0.2) is 0 Å². The van der Waals surface area contributed by atoms with Crippen molar-refractivity contribution in [2.45, 2.75) is 39.2 Å². The number of aromatic nitrogens is 2. The normalized spacial score (nSPS) is 13.6. The highest BCUT2D eigenvalue weighted by Gasteiger charge is 2.31. The fourth-order valence-corrected chi connectivity index (χ4v) is 2.30. The number of benzene rings is 1. The van der Waals surface area contributed by atoms with Crippen LogP contribution < -0.4 is 5.73 Å². The Morgan fingerprint density at radius 1 is 1.19 bits per heavy atom. The van der Waals surface area contributed by atoms with Gasteiger partial charge in [0, 0.05) is 12.8 Å². The lowest BCUT2D eigenvalue weighted by Gasteiger charge is -2.20. The van der Waals surface area contributed by atoms with Crippen LogP contribution >= 0.6 is 0 Å². The van der Waals surface area contributed by atoms with E-state index >= 15 is 0 Å². The van der Waals surface area contributed by atoms with Crippen LogP contribution in [-0.2, 0) is 10.2 Å². The number of rotatable bonds is 5. The number of nitrogens with two attached hydrogens (primary N) is 1. The van der Waals surface area contributed by atoms with E-state index in [4.69, 9.17) is 15.0 Å². The van der Waals surface area contributed by atoms with Crippen LogP contribution in [0.1, 0.15) is 51.1 Å². The molecule has 0 saturated carbocycles. The Labute approximate surface area is 125 Å². The van der Waals surface area contributed by atoms with Gasteiger partial charge in [-0.25, -0.2) is 0 Å². The molecule has 2 aromatic rings. The third-order valence-electron chi connectivity index (χ3n) is 3.72. The average molecular weight is 289 g/mol. The van der Waals surface area contributed by atoms with E-state index in [0.29, 0.717) is 11.7 Å². The van der Waals surface area contributed by atoms with Crippen molar-refractivity contribution in [3.63, 3.8) is 0 Å². The van der Waals surface area contributed by atoms with Gasteiger partial charge in [-0.1, -0.05) is 31.1 Å². The predicted molar refractivity (Wildman–Crippen MR) is 81.9 cm³/mol. The molecule has 0 saturated heterocycles. The highest BCUT2D eigenvalue weighted by atomic mass is 16.5. The van der Waals surface area contributed by atoms with Crippen LogP contribution in [0.2, 0.25) is 0 Å². The van der Waals surface area contributed by atoms with Crippen LogP contribution in [0.5, 0.6) is 0 Å². The Morgan fingerprint density at radius 3 is 2.33 bits per heavy atom. The molecular formula is C16H23N3O2. The van der Waals surface area contributed by atoms with E-state index in [1.807, 2.05) is 38.1 Å². The zero-order valence-corrected chi connectivity index (χ0v) is 13.3. The van der Waals surface area contributed by atoms with E-state index in [1.165, 1.54) is 0 Å². The maximum atomic E-state index is 5.74. The van der Waals surface area contributed by atoms with Crippen molar-refractivity contribution in [2.75, 3.05) is 12.8 Å². The predicted octanol–water partition coefficient (Wildman–Crippen LogP) is 3.32. The van der Waals surface area contributed by atoms with Crippen LogP contribution in [0, 0.1) is 5.92 Å². The van der Waals surface area contributed by atoms with E-state index in [9.17, 15) is 0 Å². The Kier molecular flexibility index (Phi) is 4.32. The summed E-state index contributed by atoms with van der Waals surface area (Å²) in [6, 6.07) is 7.71. The molecule has 5 nitrogen and oxygen atoms in total. The van der Waals surface area contributed by atoms with E-state index in [1.54, 1.807) is 7.11 Å². The quantitative estimate of drug-likeness (QED) is 0.855. The van der Waals surface area contributed by atoms with Crippen LogP contribution in [0.15, 0.2) is 28.8 Å². The van der Waals surface area contributed by atoms with E-state index in [-0.39, 0.29) is 17.4 Å². The van der Waals surface area contributed by atoms with Crippen LogP contribution in [0.25, 0.3) is 0 Å². The summed E-state index contributed by atoms with van der Waals surface area (Å²) in [6.07, 6.45) is -0.162. The first-order valence-electron chi connectivity index (χ1n) is 7.09. The van der Waals surface area contributed by atoms with Gasteiger partial charge in [-0.2, -0.15) is 4.98 Å². The lowest BCUT2D eigenvalue weighted by Crippen LogP contribution is -2.20. The maximum Gasteiger partial charge on any atom is 0.236 e. The number of nitrogens with zero attached hydrogens (tertiary/aromatic N) is 2. The molecule has 0 radical (unpaired) electrons. The highest BCUT2D eigenvalue weighted by Crippen LogP contribution is 2.32. The zero-order chi connectivity index (χ0) is 15.6. The summed E-state index contributed by atoms with van der Waals surface area (Å²) in [5.41, 5.74) is 7.17. The molecule has 0 aliphatic carbocycles. The van der Waals surface area contributed by atoms with Gasteiger partial charge in [0.25, 0.3) is 0 Å². The van der Waals surface area contributed by atoms with E-state index in [0.717, 1.165) is 11.3 Å². The van der Waals surface area contributed by atoms with Gasteiger partial charge in [-0.3, -0.25) is 0 Å². The molecule has 0 spiro atoms. The minimum Gasteiger partial charge on any atom is -0.399 e. The first-order chi connectivity index (χ1) is 9.86. The summed E-state index contributed by atoms with van der Waals surface area (Å²) in [4.78, 5) is 4.54. The van der Waals surface area contributed by atoms with Crippen molar-refractivity contribution in [1.29, 1.82) is 0 Å².